The Morgan fingerprint density at radius 1 is 1.25 bits per heavy atom. The van der Waals surface area contributed by atoms with Crippen LogP contribution < -0.4 is 5.73 Å². The molecule has 0 spiro atoms. The summed E-state index contributed by atoms with van der Waals surface area (Å²) in [5.41, 5.74) is 6.43. The maximum Gasteiger partial charge on any atom is 0.217 e. The second-order valence-electron chi connectivity index (χ2n) is 4.56. The third kappa shape index (κ3) is 2.78. The summed E-state index contributed by atoms with van der Waals surface area (Å²) in [4.78, 5) is 18.9. The average molecular weight is 219 g/mol. The van der Waals surface area contributed by atoms with Crippen molar-refractivity contribution < 1.29 is 4.79 Å². The van der Waals surface area contributed by atoms with E-state index in [-0.39, 0.29) is 5.91 Å². The first-order valence-electron chi connectivity index (χ1n) is 5.79. The third-order valence-electron chi connectivity index (χ3n) is 3.39. The molecule has 1 aliphatic rings. The molecule has 4 nitrogen and oxygen atoms in total. The Hall–Kier alpha value is -1.45. The van der Waals surface area contributed by atoms with Gasteiger partial charge in [0.25, 0.3) is 0 Å². The fourth-order valence-electron chi connectivity index (χ4n) is 2.51. The van der Waals surface area contributed by atoms with Gasteiger partial charge in [0.15, 0.2) is 0 Å². The fraction of sp³-hybridized carbons (Fsp3) is 0.583. The van der Waals surface area contributed by atoms with Crippen LogP contribution in [0.2, 0.25) is 0 Å². The van der Waals surface area contributed by atoms with Crippen LogP contribution in [0.4, 0.5) is 0 Å². The lowest BCUT2D eigenvalue weighted by Gasteiger charge is -2.27. The minimum Gasteiger partial charge on any atom is -0.370 e. The molecular weight excluding hydrogens is 202 g/mol. The van der Waals surface area contributed by atoms with Crippen LogP contribution in [0.15, 0.2) is 18.7 Å². The number of carbonyl (C=O) groups excluding carboxylic acids is 1. The molecule has 0 saturated heterocycles. The van der Waals surface area contributed by atoms with Crippen molar-refractivity contribution >= 4 is 5.91 Å². The molecule has 1 aliphatic carbocycles. The van der Waals surface area contributed by atoms with Crippen LogP contribution >= 0.6 is 0 Å². The van der Waals surface area contributed by atoms with E-state index in [1.807, 2.05) is 12.4 Å². The van der Waals surface area contributed by atoms with E-state index in [2.05, 4.69) is 9.97 Å². The number of hydrogen-bond donors (Lipinski definition) is 1. The van der Waals surface area contributed by atoms with E-state index in [1.165, 1.54) is 5.56 Å². The van der Waals surface area contributed by atoms with Gasteiger partial charge in [0.05, 0.1) is 0 Å². The Kier molecular flexibility index (Phi) is 3.49. The zero-order valence-corrected chi connectivity index (χ0v) is 9.30. The summed E-state index contributed by atoms with van der Waals surface area (Å²) in [6, 6.07) is 0. The smallest absolute Gasteiger partial charge is 0.217 e. The molecule has 1 heterocycles. The van der Waals surface area contributed by atoms with Crippen LogP contribution in [0, 0.1) is 5.92 Å². The number of carbonyl (C=O) groups is 1. The quantitative estimate of drug-likeness (QED) is 0.840. The minimum atomic E-state index is -0.175. The van der Waals surface area contributed by atoms with Crippen LogP contribution in [0.5, 0.6) is 0 Å². The lowest BCUT2D eigenvalue weighted by Crippen LogP contribution is -2.20. The normalized spacial score (nSPS) is 25.2. The van der Waals surface area contributed by atoms with E-state index < -0.39 is 0 Å². The van der Waals surface area contributed by atoms with E-state index in [4.69, 9.17) is 5.73 Å². The summed E-state index contributed by atoms with van der Waals surface area (Å²) in [5.74, 6) is 0.871. The molecule has 0 aliphatic heterocycles. The van der Waals surface area contributed by atoms with Crippen LogP contribution in [-0.2, 0) is 4.79 Å². The van der Waals surface area contributed by atoms with Gasteiger partial charge in [0.1, 0.15) is 6.33 Å². The van der Waals surface area contributed by atoms with E-state index in [0.29, 0.717) is 18.3 Å². The molecule has 0 radical (unpaired) electrons. The molecule has 16 heavy (non-hydrogen) atoms. The first kappa shape index (κ1) is 11.0. The fourth-order valence-corrected chi connectivity index (χ4v) is 2.51. The molecule has 1 saturated carbocycles. The molecule has 1 aromatic rings. The van der Waals surface area contributed by atoms with Gasteiger partial charge in [-0.3, -0.25) is 4.79 Å². The van der Waals surface area contributed by atoms with E-state index in [1.54, 1.807) is 6.33 Å². The molecule has 2 rings (SSSR count). The number of hydrogen-bond acceptors (Lipinski definition) is 3. The number of nitrogens with zero attached hydrogens (tertiary/aromatic N) is 2. The van der Waals surface area contributed by atoms with Gasteiger partial charge in [-0.05, 0) is 43.1 Å². The highest BCUT2D eigenvalue weighted by Crippen LogP contribution is 2.36. The molecule has 1 aromatic heterocycles. The maximum atomic E-state index is 10.8. The van der Waals surface area contributed by atoms with Gasteiger partial charge in [0.2, 0.25) is 5.91 Å². The largest absolute Gasteiger partial charge is 0.370 e. The van der Waals surface area contributed by atoms with Crippen molar-refractivity contribution in [2.75, 3.05) is 0 Å². The van der Waals surface area contributed by atoms with Crippen molar-refractivity contribution in [1.82, 2.24) is 9.97 Å². The molecule has 86 valence electrons. The topological polar surface area (TPSA) is 68.9 Å². The molecule has 4 heteroatoms. The van der Waals surface area contributed by atoms with E-state index >= 15 is 0 Å². The van der Waals surface area contributed by atoms with Crippen LogP contribution in [0.1, 0.15) is 43.6 Å². The summed E-state index contributed by atoms with van der Waals surface area (Å²) in [7, 11) is 0. The summed E-state index contributed by atoms with van der Waals surface area (Å²) in [5, 5.41) is 0. The molecular formula is C12H17N3O. The zero-order valence-electron chi connectivity index (χ0n) is 9.30. The standard InChI is InChI=1S/C12H17N3O/c13-12(16)5-9-1-3-10(4-2-9)11-6-14-8-15-7-11/h6-10H,1-5H2,(H2,13,16). The monoisotopic (exact) mass is 219 g/mol. The summed E-state index contributed by atoms with van der Waals surface area (Å²) < 4.78 is 0. The lowest BCUT2D eigenvalue weighted by molar-refractivity contribution is -0.119. The van der Waals surface area contributed by atoms with Crippen molar-refractivity contribution in [3.05, 3.63) is 24.3 Å². The maximum absolute atomic E-state index is 10.8. The highest BCUT2D eigenvalue weighted by molar-refractivity contribution is 5.73. The SMILES string of the molecule is NC(=O)CC1CCC(c2cncnc2)CC1. The number of primary amides is 1. The van der Waals surface area contributed by atoms with Gasteiger partial charge in [-0.25, -0.2) is 9.97 Å². The second-order valence-corrected chi connectivity index (χ2v) is 4.56. The van der Waals surface area contributed by atoms with Gasteiger partial charge >= 0.3 is 0 Å². The molecule has 0 bridgehead atoms. The summed E-state index contributed by atoms with van der Waals surface area (Å²) >= 11 is 0. The molecule has 0 atom stereocenters. The first-order chi connectivity index (χ1) is 7.75. The summed E-state index contributed by atoms with van der Waals surface area (Å²) in [6.07, 6.45) is 10.3. The third-order valence-corrected chi connectivity index (χ3v) is 3.39. The van der Waals surface area contributed by atoms with Crippen molar-refractivity contribution in [1.29, 1.82) is 0 Å². The molecule has 2 N–H and O–H groups in total. The Morgan fingerprint density at radius 2 is 1.88 bits per heavy atom. The van der Waals surface area contributed by atoms with Gasteiger partial charge in [0, 0.05) is 18.8 Å². The van der Waals surface area contributed by atoms with Gasteiger partial charge in [-0.2, -0.15) is 0 Å². The minimum absolute atomic E-state index is 0.175. The van der Waals surface area contributed by atoms with Crippen molar-refractivity contribution in [3.63, 3.8) is 0 Å². The Labute approximate surface area is 95.3 Å². The molecule has 1 fully saturated rings. The summed E-state index contributed by atoms with van der Waals surface area (Å²) in [6.45, 7) is 0. The highest BCUT2D eigenvalue weighted by Gasteiger charge is 2.23. The predicted octanol–water partition coefficient (Wildman–Crippen LogP) is 1.63. The average Bonchev–Trinajstić information content (AvgIpc) is 2.30. The Bertz CT molecular complexity index is 345. The van der Waals surface area contributed by atoms with Gasteiger partial charge in [-0.1, -0.05) is 0 Å². The van der Waals surface area contributed by atoms with Crippen LogP contribution in [-0.4, -0.2) is 15.9 Å². The van der Waals surface area contributed by atoms with Gasteiger partial charge < -0.3 is 5.73 Å². The number of rotatable bonds is 3. The van der Waals surface area contributed by atoms with Crippen molar-refractivity contribution in [3.8, 4) is 0 Å². The zero-order chi connectivity index (χ0) is 11.4. The number of nitrogens with two attached hydrogens (primary N) is 1. The lowest BCUT2D eigenvalue weighted by atomic mass is 9.78. The number of aromatic nitrogens is 2. The van der Waals surface area contributed by atoms with E-state index in [9.17, 15) is 4.79 Å². The van der Waals surface area contributed by atoms with Crippen LogP contribution in [0.25, 0.3) is 0 Å². The Balaban J connectivity index is 1.88. The van der Waals surface area contributed by atoms with Gasteiger partial charge in [-0.15, -0.1) is 0 Å². The second kappa shape index (κ2) is 5.05. The highest BCUT2D eigenvalue weighted by atomic mass is 16.1. The molecule has 1 amide bonds. The van der Waals surface area contributed by atoms with Crippen molar-refractivity contribution in [2.24, 2.45) is 11.7 Å². The number of amides is 1. The predicted molar refractivity (Wildman–Crippen MR) is 60.5 cm³/mol. The van der Waals surface area contributed by atoms with Crippen molar-refractivity contribution in [2.45, 2.75) is 38.0 Å². The first-order valence-corrected chi connectivity index (χ1v) is 5.79. The van der Waals surface area contributed by atoms with E-state index in [0.717, 1.165) is 25.7 Å². The van der Waals surface area contributed by atoms with Crippen LogP contribution in [0.3, 0.4) is 0 Å². The molecule has 0 unspecified atom stereocenters. The Morgan fingerprint density at radius 3 is 2.44 bits per heavy atom. The molecule has 0 aromatic carbocycles.